The van der Waals surface area contributed by atoms with Crippen LogP contribution in [-0.4, -0.2) is 42.4 Å². The predicted octanol–water partition coefficient (Wildman–Crippen LogP) is 3.01. The maximum absolute atomic E-state index is 13.3. The third-order valence-electron chi connectivity index (χ3n) is 5.23. The number of benzene rings is 2. The number of carbonyl (C=O) groups is 2. The number of nitrogens with two attached hydrogens (primary N) is 1. The number of halogens is 3. The van der Waals surface area contributed by atoms with Crippen molar-refractivity contribution in [1.29, 1.82) is 5.26 Å². The first-order valence-electron chi connectivity index (χ1n) is 9.56. The van der Waals surface area contributed by atoms with Gasteiger partial charge in [-0.1, -0.05) is 17.2 Å². The van der Waals surface area contributed by atoms with Crippen molar-refractivity contribution in [3.05, 3.63) is 64.2 Å². The molecule has 1 fully saturated rings. The molecule has 6 nitrogen and oxygen atoms in total. The zero-order valence-corrected chi connectivity index (χ0v) is 17.0. The number of hydrogen-bond donors (Lipinski definition) is 1. The van der Waals surface area contributed by atoms with Crippen LogP contribution in [0.15, 0.2) is 36.4 Å². The van der Waals surface area contributed by atoms with Crippen molar-refractivity contribution in [2.24, 2.45) is 5.73 Å². The van der Waals surface area contributed by atoms with Crippen LogP contribution in [0.3, 0.4) is 0 Å². The van der Waals surface area contributed by atoms with E-state index in [1.54, 1.807) is 12.1 Å². The Hall–Kier alpha value is -3.54. The molecule has 2 N–H and O–H groups in total. The molecule has 1 aliphatic heterocycles. The van der Waals surface area contributed by atoms with Crippen molar-refractivity contribution in [2.75, 3.05) is 24.5 Å². The highest BCUT2D eigenvalue weighted by atomic mass is 19.4. The topological polar surface area (TPSA) is 90.4 Å². The van der Waals surface area contributed by atoms with E-state index >= 15 is 0 Å². The molecule has 2 aromatic rings. The van der Waals surface area contributed by atoms with Crippen LogP contribution < -0.4 is 10.6 Å². The number of alkyl halides is 3. The third kappa shape index (κ3) is 4.63. The van der Waals surface area contributed by atoms with Gasteiger partial charge >= 0.3 is 6.18 Å². The van der Waals surface area contributed by atoms with Crippen LogP contribution in [0.2, 0.25) is 0 Å². The van der Waals surface area contributed by atoms with Crippen molar-refractivity contribution < 1.29 is 22.8 Å². The first-order valence-corrected chi connectivity index (χ1v) is 9.56. The monoisotopic (exact) mass is 430 g/mol. The summed E-state index contributed by atoms with van der Waals surface area (Å²) in [5.74, 6) is -1.02. The average molecular weight is 430 g/mol. The van der Waals surface area contributed by atoms with Gasteiger partial charge in [0.2, 0.25) is 5.91 Å². The first-order chi connectivity index (χ1) is 14.5. The molecule has 0 spiro atoms. The zero-order chi connectivity index (χ0) is 22.9. The number of aryl methyl sites for hydroxylation is 2. The highest BCUT2D eigenvalue weighted by Gasteiger charge is 2.37. The molecule has 1 unspecified atom stereocenters. The van der Waals surface area contributed by atoms with Gasteiger partial charge in [0.25, 0.3) is 5.91 Å². The van der Waals surface area contributed by atoms with Crippen molar-refractivity contribution in [2.45, 2.75) is 26.1 Å². The Balaban J connectivity index is 1.90. The summed E-state index contributed by atoms with van der Waals surface area (Å²) in [4.78, 5) is 28.0. The number of carbonyl (C=O) groups excluding carboxylic acids is 2. The summed E-state index contributed by atoms with van der Waals surface area (Å²) in [7, 11) is 0. The molecule has 1 saturated heterocycles. The quantitative estimate of drug-likeness (QED) is 0.811. The Labute approximate surface area is 177 Å². The highest BCUT2D eigenvalue weighted by Crippen LogP contribution is 2.35. The number of hydrogen-bond acceptors (Lipinski definition) is 4. The Kier molecular flexibility index (Phi) is 5.93. The number of rotatable bonds is 3. The van der Waals surface area contributed by atoms with Crippen LogP contribution in [0.4, 0.5) is 18.9 Å². The van der Waals surface area contributed by atoms with Gasteiger partial charge in [-0.25, -0.2) is 0 Å². The number of nitriles is 1. The normalized spacial score (nSPS) is 16.7. The molecule has 2 aromatic carbocycles. The zero-order valence-electron chi connectivity index (χ0n) is 17.0. The van der Waals surface area contributed by atoms with E-state index in [1.807, 2.05) is 19.9 Å². The van der Waals surface area contributed by atoms with Crippen LogP contribution >= 0.6 is 0 Å². The molecule has 0 saturated carbocycles. The Morgan fingerprint density at radius 2 is 1.74 bits per heavy atom. The molecule has 0 bridgehead atoms. The van der Waals surface area contributed by atoms with E-state index in [1.165, 1.54) is 21.9 Å². The molecule has 1 heterocycles. The fourth-order valence-electron chi connectivity index (χ4n) is 3.84. The van der Waals surface area contributed by atoms with Crippen molar-refractivity contribution in [3.63, 3.8) is 0 Å². The summed E-state index contributed by atoms with van der Waals surface area (Å²) < 4.78 is 40.0. The molecular formula is C22H21F3N4O2. The first kappa shape index (κ1) is 22.2. The van der Waals surface area contributed by atoms with E-state index in [9.17, 15) is 22.8 Å². The van der Waals surface area contributed by atoms with Gasteiger partial charge in [-0.3, -0.25) is 9.59 Å². The van der Waals surface area contributed by atoms with Crippen LogP contribution in [-0.2, 0) is 11.0 Å². The van der Waals surface area contributed by atoms with Crippen molar-refractivity contribution in [3.8, 4) is 6.07 Å². The Morgan fingerprint density at radius 1 is 1.10 bits per heavy atom. The maximum atomic E-state index is 13.3. The van der Waals surface area contributed by atoms with Crippen LogP contribution in [0, 0.1) is 25.2 Å². The summed E-state index contributed by atoms with van der Waals surface area (Å²) in [6.45, 7) is 4.01. The number of nitrogens with zero attached hydrogens (tertiary/aromatic N) is 3. The van der Waals surface area contributed by atoms with Crippen molar-refractivity contribution >= 4 is 17.5 Å². The molecule has 3 rings (SSSR count). The number of amides is 2. The third-order valence-corrected chi connectivity index (χ3v) is 5.23. The second kappa shape index (κ2) is 8.30. The van der Waals surface area contributed by atoms with Gasteiger partial charge in [0.1, 0.15) is 6.04 Å². The Bertz CT molecular complexity index is 1060. The largest absolute Gasteiger partial charge is 0.417 e. The lowest BCUT2D eigenvalue weighted by Gasteiger charge is -2.41. The molecule has 31 heavy (non-hydrogen) atoms. The number of anilines is 1. The van der Waals surface area contributed by atoms with E-state index in [4.69, 9.17) is 11.0 Å². The summed E-state index contributed by atoms with van der Waals surface area (Å²) in [6.07, 6.45) is -4.72. The van der Waals surface area contributed by atoms with Gasteiger partial charge in [0.15, 0.2) is 0 Å². The molecule has 1 aliphatic rings. The summed E-state index contributed by atoms with van der Waals surface area (Å²) in [5.41, 5.74) is 6.39. The minimum absolute atomic E-state index is 0.0531. The summed E-state index contributed by atoms with van der Waals surface area (Å²) in [6, 6.07) is 9.23. The lowest BCUT2D eigenvalue weighted by Crippen LogP contribution is -2.59. The molecule has 162 valence electrons. The average Bonchev–Trinajstić information content (AvgIpc) is 2.71. The Morgan fingerprint density at radius 3 is 2.29 bits per heavy atom. The summed E-state index contributed by atoms with van der Waals surface area (Å²) >= 11 is 0. The van der Waals surface area contributed by atoms with E-state index < -0.39 is 29.3 Å². The molecule has 1 atom stereocenters. The van der Waals surface area contributed by atoms with Gasteiger partial charge in [0, 0.05) is 24.3 Å². The summed E-state index contributed by atoms with van der Waals surface area (Å²) in [5, 5.41) is 8.98. The molecule has 0 aromatic heterocycles. The fraction of sp³-hybridized carbons (Fsp3) is 0.318. The molecule has 9 heteroatoms. The van der Waals surface area contributed by atoms with Gasteiger partial charge < -0.3 is 15.5 Å². The van der Waals surface area contributed by atoms with Gasteiger partial charge in [-0.2, -0.15) is 18.4 Å². The molecular weight excluding hydrogens is 409 g/mol. The second-order valence-corrected chi connectivity index (χ2v) is 7.58. The smallest absolute Gasteiger partial charge is 0.368 e. The molecule has 0 radical (unpaired) electrons. The molecule has 2 amide bonds. The van der Waals surface area contributed by atoms with Gasteiger partial charge in [0.05, 0.1) is 23.7 Å². The van der Waals surface area contributed by atoms with Crippen LogP contribution in [0.1, 0.15) is 32.6 Å². The van der Waals surface area contributed by atoms with E-state index in [2.05, 4.69) is 0 Å². The minimum Gasteiger partial charge on any atom is -0.368 e. The van der Waals surface area contributed by atoms with Crippen molar-refractivity contribution in [1.82, 2.24) is 4.90 Å². The lowest BCUT2D eigenvalue weighted by atomic mass is 10.0. The predicted molar refractivity (Wildman–Crippen MR) is 108 cm³/mol. The highest BCUT2D eigenvalue weighted by molar-refractivity contribution is 5.95. The van der Waals surface area contributed by atoms with Crippen LogP contribution in [0.5, 0.6) is 0 Å². The second-order valence-electron chi connectivity index (χ2n) is 7.58. The number of primary amides is 1. The fourth-order valence-corrected chi connectivity index (χ4v) is 3.84. The number of piperazine rings is 1. The standard InChI is InChI=1S/C22H21F3N4O2/c1-13-7-14(2)9-16(8-13)21(31)28-5-6-29(19(12-28)20(27)30)17-4-3-15(11-26)18(10-17)22(23,24)25/h3-4,7-10,19H,5-6,12H2,1-2H3,(H2,27,30). The van der Waals surface area contributed by atoms with Gasteiger partial charge in [-0.15, -0.1) is 0 Å². The van der Waals surface area contributed by atoms with Crippen LogP contribution in [0.25, 0.3) is 0 Å². The van der Waals surface area contributed by atoms with E-state index in [0.29, 0.717) is 5.56 Å². The lowest BCUT2D eigenvalue weighted by molar-refractivity contribution is -0.137. The van der Waals surface area contributed by atoms with Gasteiger partial charge in [-0.05, 0) is 44.2 Å². The SMILES string of the molecule is Cc1cc(C)cc(C(=O)N2CCN(c3ccc(C#N)c(C(F)(F)F)c3)C(C(N)=O)C2)c1. The maximum Gasteiger partial charge on any atom is 0.417 e. The van der Waals surface area contributed by atoms with E-state index in [-0.39, 0.29) is 31.2 Å². The van der Waals surface area contributed by atoms with E-state index in [0.717, 1.165) is 23.3 Å². The minimum atomic E-state index is -4.72. The molecule has 0 aliphatic carbocycles.